The minimum absolute atomic E-state index is 0.101. The van der Waals surface area contributed by atoms with Crippen LogP contribution in [0.5, 0.6) is 0 Å². The van der Waals surface area contributed by atoms with Crippen LogP contribution in [-0.2, 0) is 14.3 Å². The summed E-state index contributed by atoms with van der Waals surface area (Å²) in [5, 5.41) is 13.5. The molecule has 0 spiro atoms. The van der Waals surface area contributed by atoms with Crippen LogP contribution in [0.25, 0.3) is 0 Å². The van der Waals surface area contributed by atoms with Crippen molar-refractivity contribution in [3.8, 4) is 0 Å². The van der Waals surface area contributed by atoms with Crippen LogP contribution in [0.3, 0.4) is 0 Å². The first-order valence-electron chi connectivity index (χ1n) is 6.55. The van der Waals surface area contributed by atoms with Gasteiger partial charge in [-0.2, -0.15) is 0 Å². The maximum absolute atomic E-state index is 11.6. The smallest absolute Gasteiger partial charge is 0.329 e. The van der Waals surface area contributed by atoms with E-state index in [4.69, 9.17) is 9.84 Å². The van der Waals surface area contributed by atoms with Crippen LogP contribution in [0.15, 0.2) is 0 Å². The second-order valence-electron chi connectivity index (χ2n) is 5.57. The number of nitrogens with one attached hydrogen (secondary N) is 2. The average molecular weight is 285 g/mol. The zero-order valence-corrected chi connectivity index (χ0v) is 11.3. The summed E-state index contributed by atoms with van der Waals surface area (Å²) in [5.41, 5.74) is -0.533. The van der Waals surface area contributed by atoms with E-state index < -0.39 is 17.6 Å². The number of carbonyl (C=O) groups excluding carboxylic acids is 2. The first kappa shape index (κ1) is 14.7. The average Bonchev–Trinajstić information content (AvgIpc) is 3.07. The molecule has 0 radical (unpaired) electrons. The Kier molecular flexibility index (Phi) is 4.24. The molecular weight excluding hydrogens is 266 g/mol. The molecule has 0 atom stereocenters. The molecule has 2 fully saturated rings. The third-order valence-corrected chi connectivity index (χ3v) is 3.19. The first-order chi connectivity index (χ1) is 9.36. The molecule has 1 heterocycles. The van der Waals surface area contributed by atoms with Crippen molar-refractivity contribution in [2.24, 2.45) is 0 Å². The number of carboxylic acid groups (broad SMARTS) is 1. The minimum Gasteiger partial charge on any atom is -0.480 e. The summed E-state index contributed by atoms with van der Waals surface area (Å²) in [7, 11) is 0. The fourth-order valence-electron chi connectivity index (χ4n) is 2.16. The quantitative estimate of drug-likeness (QED) is 0.586. The molecule has 1 aliphatic heterocycles. The lowest BCUT2D eigenvalue weighted by molar-refractivity contribution is -0.166. The number of carboxylic acids is 1. The zero-order valence-electron chi connectivity index (χ0n) is 11.3. The van der Waals surface area contributed by atoms with E-state index in [0.29, 0.717) is 13.1 Å². The van der Waals surface area contributed by atoms with Crippen molar-refractivity contribution in [3.05, 3.63) is 0 Å². The van der Waals surface area contributed by atoms with Crippen LogP contribution in [0.1, 0.15) is 19.8 Å². The molecule has 8 heteroatoms. The van der Waals surface area contributed by atoms with Crippen molar-refractivity contribution < 1.29 is 24.2 Å². The number of urea groups is 1. The number of hydrogen-bond acceptors (Lipinski definition) is 5. The highest BCUT2D eigenvalue weighted by Gasteiger charge is 2.40. The SMILES string of the molecule is CC1(OCC(=O)O)CN(CC(=O)NC(=O)NC2CC2)C1. The van der Waals surface area contributed by atoms with E-state index in [0.717, 1.165) is 12.8 Å². The van der Waals surface area contributed by atoms with E-state index in [1.165, 1.54) is 0 Å². The fourth-order valence-corrected chi connectivity index (χ4v) is 2.16. The molecule has 3 N–H and O–H groups in total. The summed E-state index contributed by atoms with van der Waals surface area (Å²) in [5.74, 6) is -1.39. The maximum atomic E-state index is 11.6. The van der Waals surface area contributed by atoms with Gasteiger partial charge in [-0.25, -0.2) is 9.59 Å². The molecule has 20 heavy (non-hydrogen) atoms. The van der Waals surface area contributed by atoms with Crippen LogP contribution in [0.2, 0.25) is 0 Å². The molecule has 0 bridgehead atoms. The summed E-state index contributed by atoms with van der Waals surface area (Å²) in [6.07, 6.45) is 1.93. The molecule has 0 aromatic heterocycles. The van der Waals surface area contributed by atoms with Gasteiger partial charge in [0.15, 0.2) is 0 Å². The van der Waals surface area contributed by atoms with Gasteiger partial charge in [0.25, 0.3) is 0 Å². The summed E-state index contributed by atoms with van der Waals surface area (Å²) in [6, 6.07) is -0.248. The van der Waals surface area contributed by atoms with E-state index in [2.05, 4.69) is 10.6 Å². The molecule has 1 aliphatic carbocycles. The Labute approximate surface area is 116 Å². The number of carbonyl (C=O) groups is 3. The summed E-state index contributed by atoms with van der Waals surface area (Å²) in [6.45, 7) is 2.49. The molecule has 2 rings (SSSR count). The Bertz CT molecular complexity index is 415. The van der Waals surface area contributed by atoms with E-state index in [1.807, 2.05) is 0 Å². The lowest BCUT2D eigenvalue weighted by Gasteiger charge is -2.46. The van der Waals surface area contributed by atoms with E-state index in [-0.39, 0.29) is 25.1 Å². The lowest BCUT2D eigenvalue weighted by atomic mass is 9.96. The van der Waals surface area contributed by atoms with Crippen LogP contribution in [0, 0.1) is 0 Å². The highest BCUT2D eigenvalue weighted by molar-refractivity contribution is 5.95. The Morgan fingerprint density at radius 2 is 2.00 bits per heavy atom. The number of rotatable bonds is 6. The normalized spacial score (nSPS) is 20.9. The van der Waals surface area contributed by atoms with Crippen LogP contribution < -0.4 is 10.6 Å². The molecule has 112 valence electrons. The topological polar surface area (TPSA) is 108 Å². The number of ether oxygens (including phenoxy) is 1. The number of aliphatic carboxylic acids is 1. The highest BCUT2D eigenvalue weighted by atomic mass is 16.5. The summed E-state index contributed by atoms with van der Waals surface area (Å²) < 4.78 is 5.23. The molecule has 8 nitrogen and oxygen atoms in total. The summed E-state index contributed by atoms with van der Waals surface area (Å²) >= 11 is 0. The van der Waals surface area contributed by atoms with Crippen molar-refractivity contribution in [2.75, 3.05) is 26.2 Å². The molecule has 3 amide bonds. The number of hydrogen-bond donors (Lipinski definition) is 3. The minimum atomic E-state index is -1.01. The van der Waals surface area contributed by atoms with Crippen molar-refractivity contribution in [2.45, 2.75) is 31.4 Å². The van der Waals surface area contributed by atoms with Crippen molar-refractivity contribution in [1.82, 2.24) is 15.5 Å². The Hall–Kier alpha value is -1.67. The number of likely N-dealkylation sites (tertiary alicyclic amines) is 1. The Morgan fingerprint density at radius 1 is 1.35 bits per heavy atom. The molecule has 0 unspecified atom stereocenters. The fraction of sp³-hybridized carbons (Fsp3) is 0.750. The number of amides is 3. The van der Waals surface area contributed by atoms with Crippen molar-refractivity contribution >= 4 is 17.9 Å². The van der Waals surface area contributed by atoms with Gasteiger partial charge < -0.3 is 15.2 Å². The predicted octanol–water partition coefficient (Wildman–Crippen LogP) is -0.850. The molecular formula is C12H19N3O5. The maximum Gasteiger partial charge on any atom is 0.329 e. The van der Waals surface area contributed by atoms with Crippen LogP contribution in [0.4, 0.5) is 4.79 Å². The van der Waals surface area contributed by atoms with Gasteiger partial charge in [-0.1, -0.05) is 0 Å². The van der Waals surface area contributed by atoms with Gasteiger partial charge in [0.1, 0.15) is 6.61 Å². The largest absolute Gasteiger partial charge is 0.480 e. The van der Waals surface area contributed by atoms with Gasteiger partial charge >= 0.3 is 12.0 Å². The van der Waals surface area contributed by atoms with Crippen LogP contribution in [-0.4, -0.2) is 65.8 Å². The van der Waals surface area contributed by atoms with Gasteiger partial charge in [0, 0.05) is 19.1 Å². The second-order valence-corrected chi connectivity index (χ2v) is 5.57. The van der Waals surface area contributed by atoms with E-state index in [9.17, 15) is 14.4 Å². The van der Waals surface area contributed by atoms with E-state index >= 15 is 0 Å². The van der Waals surface area contributed by atoms with Crippen molar-refractivity contribution in [1.29, 1.82) is 0 Å². The van der Waals surface area contributed by atoms with Gasteiger partial charge in [0.05, 0.1) is 12.1 Å². The third-order valence-electron chi connectivity index (χ3n) is 3.19. The molecule has 2 aliphatic rings. The Morgan fingerprint density at radius 3 is 2.55 bits per heavy atom. The van der Waals surface area contributed by atoms with Gasteiger partial charge in [-0.05, 0) is 19.8 Å². The van der Waals surface area contributed by atoms with Gasteiger partial charge in [-0.3, -0.25) is 15.0 Å². The highest BCUT2D eigenvalue weighted by Crippen LogP contribution is 2.24. The molecule has 1 saturated heterocycles. The monoisotopic (exact) mass is 285 g/mol. The van der Waals surface area contributed by atoms with Gasteiger partial charge in [0.2, 0.25) is 5.91 Å². The lowest BCUT2D eigenvalue weighted by Crippen LogP contribution is -2.63. The number of nitrogens with zero attached hydrogens (tertiary/aromatic N) is 1. The molecule has 1 saturated carbocycles. The molecule has 0 aromatic rings. The van der Waals surface area contributed by atoms with Crippen molar-refractivity contribution in [3.63, 3.8) is 0 Å². The zero-order chi connectivity index (χ0) is 14.8. The molecule has 0 aromatic carbocycles. The first-order valence-corrected chi connectivity index (χ1v) is 6.55. The summed E-state index contributed by atoms with van der Waals surface area (Å²) in [4.78, 5) is 35.1. The number of imide groups is 1. The third kappa shape index (κ3) is 4.46. The van der Waals surface area contributed by atoms with Gasteiger partial charge in [-0.15, -0.1) is 0 Å². The Balaban J connectivity index is 1.61. The van der Waals surface area contributed by atoms with E-state index in [1.54, 1.807) is 11.8 Å². The second kappa shape index (κ2) is 5.76. The predicted molar refractivity (Wildman–Crippen MR) is 68.1 cm³/mol. The standard InChI is InChI=1S/C12H19N3O5/c1-12(20-5-10(17)18)6-15(7-12)4-9(16)14-11(19)13-8-2-3-8/h8H,2-7H2,1H3,(H,17,18)(H2,13,14,16,19). The van der Waals surface area contributed by atoms with Crippen LogP contribution >= 0.6 is 0 Å².